The van der Waals surface area contributed by atoms with Crippen LogP contribution in [0.4, 0.5) is 4.39 Å². The van der Waals surface area contributed by atoms with Crippen LogP contribution in [0, 0.1) is 12.7 Å². The molecule has 0 aliphatic rings. The summed E-state index contributed by atoms with van der Waals surface area (Å²) in [5.41, 5.74) is 2.04. The molecule has 4 rings (SSSR count). The second-order valence-electron chi connectivity index (χ2n) is 7.12. The van der Waals surface area contributed by atoms with E-state index in [0.29, 0.717) is 29.4 Å². The van der Waals surface area contributed by atoms with Crippen LogP contribution in [0.25, 0.3) is 11.4 Å². The van der Waals surface area contributed by atoms with Gasteiger partial charge in [0.1, 0.15) is 18.5 Å². The fraction of sp³-hybridized carbons (Fsp3) is 0.227. The maximum absolute atomic E-state index is 13.8. The zero-order valence-electron chi connectivity index (χ0n) is 16.9. The number of rotatable bonds is 8. The lowest BCUT2D eigenvalue weighted by molar-refractivity contribution is -0.122. The quantitative estimate of drug-likeness (QED) is 0.470. The number of aryl methyl sites for hydroxylation is 2. The Balaban J connectivity index is 1.38. The molecule has 1 atom stereocenters. The van der Waals surface area contributed by atoms with E-state index in [2.05, 4.69) is 25.5 Å². The molecule has 31 heavy (non-hydrogen) atoms. The van der Waals surface area contributed by atoms with Gasteiger partial charge in [-0.15, -0.1) is 0 Å². The van der Waals surface area contributed by atoms with Crippen LogP contribution in [0.3, 0.4) is 0 Å². The van der Waals surface area contributed by atoms with Gasteiger partial charge in [-0.25, -0.2) is 9.37 Å². The summed E-state index contributed by atoms with van der Waals surface area (Å²) in [6, 6.07) is 14.2. The molecular weight excluding hydrogens is 399 g/mol. The van der Waals surface area contributed by atoms with Gasteiger partial charge in [0, 0.05) is 18.4 Å². The highest BCUT2D eigenvalue weighted by molar-refractivity contribution is 5.76. The summed E-state index contributed by atoms with van der Waals surface area (Å²) in [7, 11) is 0. The van der Waals surface area contributed by atoms with Gasteiger partial charge in [0.25, 0.3) is 0 Å². The Labute approximate surface area is 178 Å². The summed E-state index contributed by atoms with van der Waals surface area (Å²) in [4.78, 5) is 20.8. The van der Waals surface area contributed by atoms with Gasteiger partial charge < -0.3 is 9.84 Å². The smallest absolute Gasteiger partial charge is 0.227 e. The molecule has 8 nitrogen and oxygen atoms in total. The first kappa shape index (κ1) is 20.4. The molecular formula is C22H21FN6O2. The highest BCUT2D eigenvalue weighted by Crippen LogP contribution is 2.20. The van der Waals surface area contributed by atoms with Crippen molar-refractivity contribution in [1.29, 1.82) is 0 Å². The number of aromatic nitrogens is 5. The van der Waals surface area contributed by atoms with E-state index >= 15 is 0 Å². The van der Waals surface area contributed by atoms with Gasteiger partial charge in [0.15, 0.2) is 0 Å². The minimum Gasteiger partial charge on any atom is -0.347 e. The van der Waals surface area contributed by atoms with Crippen LogP contribution in [0.2, 0.25) is 0 Å². The number of amides is 1. The number of hydrogen-bond donors (Lipinski definition) is 1. The molecule has 0 saturated heterocycles. The first-order valence-electron chi connectivity index (χ1n) is 9.84. The summed E-state index contributed by atoms with van der Waals surface area (Å²) in [6.07, 6.45) is 3.51. The molecule has 1 N–H and O–H groups in total. The fourth-order valence-electron chi connectivity index (χ4n) is 3.13. The van der Waals surface area contributed by atoms with E-state index in [0.717, 1.165) is 5.56 Å². The Morgan fingerprint density at radius 3 is 2.81 bits per heavy atom. The van der Waals surface area contributed by atoms with Crippen molar-refractivity contribution < 1.29 is 13.7 Å². The Morgan fingerprint density at radius 1 is 1.23 bits per heavy atom. The van der Waals surface area contributed by atoms with Gasteiger partial charge in [-0.3, -0.25) is 9.48 Å². The molecule has 0 saturated carbocycles. The molecule has 0 fully saturated rings. The average molecular weight is 420 g/mol. The SMILES string of the molecule is Cc1ccc(-c2noc(CCC(=O)NC(Cn3cncn3)c3ccccc3)n2)cc1F. The Bertz CT molecular complexity index is 1140. The van der Waals surface area contributed by atoms with Crippen LogP contribution in [-0.4, -0.2) is 30.8 Å². The molecule has 2 aromatic carbocycles. The number of hydrogen-bond acceptors (Lipinski definition) is 6. The van der Waals surface area contributed by atoms with Gasteiger partial charge in [-0.05, 0) is 24.1 Å². The number of carbonyl (C=O) groups is 1. The van der Waals surface area contributed by atoms with Crippen molar-refractivity contribution in [2.24, 2.45) is 0 Å². The molecule has 9 heteroatoms. The van der Waals surface area contributed by atoms with Crippen molar-refractivity contribution in [3.8, 4) is 11.4 Å². The van der Waals surface area contributed by atoms with Crippen LogP contribution in [0.15, 0.2) is 65.7 Å². The lowest BCUT2D eigenvalue weighted by Gasteiger charge is -2.19. The molecule has 158 valence electrons. The molecule has 0 aliphatic carbocycles. The van der Waals surface area contributed by atoms with Gasteiger partial charge in [-0.2, -0.15) is 10.1 Å². The summed E-state index contributed by atoms with van der Waals surface area (Å²) in [6.45, 7) is 2.14. The number of halogens is 1. The van der Waals surface area contributed by atoms with E-state index in [4.69, 9.17) is 4.52 Å². The molecule has 0 radical (unpaired) electrons. The van der Waals surface area contributed by atoms with Crippen molar-refractivity contribution >= 4 is 5.91 Å². The predicted molar refractivity (Wildman–Crippen MR) is 110 cm³/mol. The van der Waals surface area contributed by atoms with Gasteiger partial charge in [-0.1, -0.05) is 47.6 Å². The standard InChI is InChI=1S/C22H21FN6O2/c1-15-7-8-17(11-18(15)23)22-27-21(31-28-22)10-9-20(30)26-19(12-29-14-24-13-25-29)16-5-3-2-4-6-16/h2-8,11,13-14,19H,9-10,12H2,1H3,(H,26,30). The van der Waals surface area contributed by atoms with E-state index in [1.165, 1.54) is 12.4 Å². The van der Waals surface area contributed by atoms with Gasteiger partial charge >= 0.3 is 0 Å². The summed E-state index contributed by atoms with van der Waals surface area (Å²) in [5, 5.41) is 11.0. The van der Waals surface area contributed by atoms with Crippen molar-refractivity contribution in [2.45, 2.75) is 32.4 Å². The lowest BCUT2D eigenvalue weighted by Crippen LogP contribution is -2.31. The Kier molecular flexibility index (Phi) is 6.11. The Morgan fingerprint density at radius 2 is 2.06 bits per heavy atom. The van der Waals surface area contributed by atoms with E-state index in [-0.39, 0.29) is 30.6 Å². The molecule has 4 aromatic rings. The Hall–Kier alpha value is -3.88. The molecule has 1 unspecified atom stereocenters. The third-order valence-corrected chi connectivity index (χ3v) is 4.84. The van der Waals surface area contributed by atoms with Crippen molar-refractivity contribution in [3.05, 3.63) is 84.0 Å². The zero-order valence-corrected chi connectivity index (χ0v) is 16.9. The van der Waals surface area contributed by atoms with Gasteiger partial charge in [0.05, 0.1) is 12.6 Å². The third-order valence-electron chi connectivity index (χ3n) is 4.84. The second-order valence-corrected chi connectivity index (χ2v) is 7.12. The van der Waals surface area contributed by atoms with Crippen LogP contribution in [0.5, 0.6) is 0 Å². The van der Waals surface area contributed by atoms with Crippen LogP contribution >= 0.6 is 0 Å². The van der Waals surface area contributed by atoms with E-state index in [1.54, 1.807) is 30.1 Å². The van der Waals surface area contributed by atoms with Crippen molar-refractivity contribution in [3.63, 3.8) is 0 Å². The molecule has 0 aliphatic heterocycles. The largest absolute Gasteiger partial charge is 0.347 e. The van der Waals surface area contributed by atoms with Crippen LogP contribution in [-0.2, 0) is 17.8 Å². The normalized spacial score (nSPS) is 11.9. The second kappa shape index (κ2) is 9.29. The maximum atomic E-state index is 13.8. The van der Waals surface area contributed by atoms with Crippen molar-refractivity contribution in [2.75, 3.05) is 0 Å². The van der Waals surface area contributed by atoms with Crippen LogP contribution in [0.1, 0.15) is 29.5 Å². The first-order valence-corrected chi connectivity index (χ1v) is 9.84. The first-order chi connectivity index (χ1) is 15.1. The number of nitrogens with one attached hydrogen (secondary N) is 1. The number of carbonyl (C=O) groups excluding carboxylic acids is 1. The number of benzene rings is 2. The predicted octanol–water partition coefficient (Wildman–Crippen LogP) is 3.27. The lowest BCUT2D eigenvalue weighted by atomic mass is 10.1. The zero-order chi connectivity index (χ0) is 21.6. The summed E-state index contributed by atoms with van der Waals surface area (Å²) >= 11 is 0. The minimum absolute atomic E-state index is 0.157. The van der Waals surface area contributed by atoms with E-state index < -0.39 is 0 Å². The fourth-order valence-corrected chi connectivity index (χ4v) is 3.13. The monoisotopic (exact) mass is 420 g/mol. The third kappa shape index (κ3) is 5.19. The van der Waals surface area contributed by atoms with Gasteiger partial charge in [0.2, 0.25) is 17.6 Å². The highest BCUT2D eigenvalue weighted by atomic mass is 19.1. The average Bonchev–Trinajstić information content (AvgIpc) is 3.47. The molecule has 1 amide bonds. The highest BCUT2D eigenvalue weighted by Gasteiger charge is 2.17. The topological polar surface area (TPSA) is 98.7 Å². The molecule has 0 bridgehead atoms. The van der Waals surface area contributed by atoms with Crippen LogP contribution < -0.4 is 5.32 Å². The molecule has 2 aromatic heterocycles. The summed E-state index contributed by atoms with van der Waals surface area (Å²) in [5.74, 6) is 0.124. The van der Waals surface area contributed by atoms with E-state index in [1.807, 2.05) is 30.3 Å². The summed E-state index contributed by atoms with van der Waals surface area (Å²) < 4.78 is 20.7. The maximum Gasteiger partial charge on any atom is 0.227 e. The minimum atomic E-state index is -0.331. The molecule has 0 spiro atoms. The van der Waals surface area contributed by atoms with Crippen molar-refractivity contribution in [1.82, 2.24) is 30.2 Å². The molecule has 2 heterocycles. The number of nitrogens with zero attached hydrogens (tertiary/aromatic N) is 5. The van der Waals surface area contributed by atoms with E-state index in [9.17, 15) is 9.18 Å².